The van der Waals surface area contributed by atoms with Crippen LogP contribution in [0.2, 0.25) is 0 Å². The fraction of sp³-hybridized carbons (Fsp3) is 0.364. The van der Waals surface area contributed by atoms with Gasteiger partial charge in [0, 0.05) is 6.42 Å². The van der Waals surface area contributed by atoms with Crippen molar-refractivity contribution in [1.29, 1.82) is 0 Å². The predicted molar refractivity (Wildman–Crippen MR) is 51.7 cm³/mol. The van der Waals surface area contributed by atoms with E-state index in [4.69, 9.17) is 4.74 Å². The minimum Gasteiger partial charge on any atom is -0.477 e. The van der Waals surface area contributed by atoms with Crippen molar-refractivity contribution in [2.75, 3.05) is 0 Å². The van der Waals surface area contributed by atoms with Crippen LogP contribution in [0.15, 0.2) is 18.2 Å². The second-order valence-electron chi connectivity index (χ2n) is 3.13. The lowest BCUT2D eigenvalue weighted by molar-refractivity contribution is -0.124. The van der Waals surface area contributed by atoms with Gasteiger partial charge in [-0.3, -0.25) is 4.79 Å². The van der Waals surface area contributed by atoms with Gasteiger partial charge in [0.1, 0.15) is 0 Å². The molecule has 0 bridgehead atoms. The van der Waals surface area contributed by atoms with E-state index in [1.165, 1.54) is 13.0 Å². The van der Waals surface area contributed by atoms with Crippen LogP contribution in [0.25, 0.3) is 0 Å². The summed E-state index contributed by atoms with van der Waals surface area (Å²) in [5.74, 6) is -2.29. The quantitative estimate of drug-likeness (QED) is 0.770. The van der Waals surface area contributed by atoms with E-state index in [2.05, 4.69) is 0 Å². The van der Waals surface area contributed by atoms with Crippen molar-refractivity contribution in [2.24, 2.45) is 0 Å². The number of benzene rings is 1. The summed E-state index contributed by atoms with van der Waals surface area (Å²) < 4.78 is 31.1. The highest BCUT2D eigenvalue weighted by atomic mass is 19.1. The number of Topliss-reactive ketones (excluding diaryl/α,β-unsaturated/α-hetero) is 1. The molecule has 0 amide bonds. The van der Waals surface area contributed by atoms with Gasteiger partial charge in [-0.2, -0.15) is 0 Å². The van der Waals surface area contributed by atoms with Gasteiger partial charge in [-0.1, -0.05) is 13.0 Å². The molecule has 0 saturated carbocycles. The number of para-hydroxylation sites is 1. The first-order valence-electron chi connectivity index (χ1n) is 4.69. The molecular formula is C11H12F2O2. The van der Waals surface area contributed by atoms with Gasteiger partial charge in [0.25, 0.3) is 0 Å². The zero-order chi connectivity index (χ0) is 11.4. The fourth-order valence-corrected chi connectivity index (χ4v) is 1.13. The van der Waals surface area contributed by atoms with E-state index in [0.29, 0.717) is 0 Å². The van der Waals surface area contributed by atoms with Crippen molar-refractivity contribution < 1.29 is 18.3 Å². The van der Waals surface area contributed by atoms with Crippen LogP contribution >= 0.6 is 0 Å². The van der Waals surface area contributed by atoms with E-state index >= 15 is 0 Å². The lowest BCUT2D eigenvalue weighted by Gasteiger charge is -2.13. The van der Waals surface area contributed by atoms with Gasteiger partial charge in [-0.15, -0.1) is 0 Å². The minimum absolute atomic E-state index is 0.197. The molecule has 1 unspecified atom stereocenters. The van der Waals surface area contributed by atoms with Crippen LogP contribution in [0.5, 0.6) is 5.75 Å². The zero-order valence-corrected chi connectivity index (χ0v) is 8.59. The molecule has 1 rings (SSSR count). The third-order valence-electron chi connectivity index (χ3n) is 2.02. The van der Waals surface area contributed by atoms with Crippen molar-refractivity contribution in [1.82, 2.24) is 0 Å². The number of carbonyl (C=O) groups excluding carboxylic acids is 1. The Morgan fingerprint density at radius 3 is 2.40 bits per heavy atom. The van der Waals surface area contributed by atoms with Crippen LogP contribution in [-0.4, -0.2) is 11.9 Å². The Hall–Kier alpha value is -1.45. The first-order valence-corrected chi connectivity index (χ1v) is 4.69. The second kappa shape index (κ2) is 4.87. The Balaban J connectivity index is 2.85. The molecule has 1 aromatic carbocycles. The highest BCUT2D eigenvalue weighted by Crippen LogP contribution is 2.22. The van der Waals surface area contributed by atoms with Crippen LogP contribution < -0.4 is 4.74 Å². The Labute approximate surface area is 86.9 Å². The summed E-state index contributed by atoms with van der Waals surface area (Å²) >= 11 is 0. The summed E-state index contributed by atoms with van der Waals surface area (Å²) in [6, 6.07) is 3.41. The molecule has 0 spiro atoms. The SMILES string of the molecule is CCC(=O)C(C)Oc1c(F)cccc1F. The monoisotopic (exact) mass is 214 g/mol. The molecule has 0 radical (unpaired) electrons. The van der Waals surface area contributed by atoms with Gasteiger partial charge in [0.2, 0.25) is 0 Å². The smallest absolute Gasteiger partial charge is 0.191 e. The third kappa shape index (κ3) is 2.75. The topological polar surface area (TPSA) is 26.3 Å². The zero-order valence-electron chi connectivity index (χ0n) is 8.59. The number of hydrogen-bond donors (Lipinski definition) is 0. The second-order valence-corrected chi connectivity index (χ2v) is 3.13. The fourth-order valence-electron chi connectivity index (χ4n) is 1.13. The summed E-state index contributed by atoms with van der Waals surface area (Å²) in [5, 5.41) is 0. The number of ketones is 1. The van der Waals surface area contributed by atoms with E-state index in [0.717, 1.165) is 12.1 Å². The van der Waals surface area contributed by atoms with Crippen LogP contribution in [0.1, 0.15) is 20.3 Å². The van der Waals surface area contributed by atoms with Crippen LogP contribution in [0.4, 0.5) is 8.78 Å². The molecule has 0 N–H and O–H groups in total. The Morgan fingerprint density at radius 1 is 1.40 bits per heavy atom. The Kier molecular flexibility index (Phi) is 3.77. The predicted octanol–water partition coefficient (Wildman–Crippen LogP) is 2.71. The van der Waals surface area contributed by atoms with Crippen molar-refractivity contribution in [3.05, 3.63) is 29.8 Å². The highest BCUT2D eigenvalue weighted by molar-refractivity contribution is 5.82. The van der Waals surface area contributed by atoms with Gasteiger partial charge < -0.3 is 4.74 Å². The van der Waals surface area contributed by atoms with Gasteiger partial charge >= 0.3 is 0 Å². The van der Waals surface area contributed by atoms with Crippen molar-refractivity contribution >= 4 is 5.78 Å². The summed E-state index contributed by atoms with van der Waals surface area (Å²) in [5.41, 5.74) is 0. The number of halogens is 2. The summed E-state index contributed by atoms with van der Waals surface area (Å²) in [6.45, 7) is 3.14. The molecule has 0 aliphatic rings. The van der Waals surface area contributed by atoms with E-state index in [9.17, 15) is 13.6 Å². The molecule has 82 valence electrons. The number of hydrogen-bond acceptors (Lipinski definition) is 2. The first-order chi connectivity index (χ1) is 7.06. The van der Waals surface area contributed by atoms with E-state index in [1.807, 2.05) is 0 Å². The molecule has 0 fully saturated rings. The van der Waals surface area contributed by atoms with E-state index < -0.39 is 23.5 Å². The molecule has 1 atom stereocenters. The van der Waals surface area contributed by atoms with Gasteiger partial charge in [-0.05, 0) is 19.1 Å². The number of ether oxygens (including phenoxy) is 1. The Bertz CT molecular complexity index is 343. The van der Waals surface area contributed by atoms with Crippen LogP contribution in [0.3, 0.4) is 0 Å². The molecule has 2 nitrogen and oxygen atoms in total. The van der Waals surface area contributed by atoms with Crippen molar-refractivity contribution in [3.63, 3.8) is 0 Å². The van der Waals surface area contributed by atoms with Gasteiger partial charge in [0.15, 0.2) is 29.3 Å². The molecule has 4 heteroatoms. The average molecular weight is 214 g/mol. The average Bonchev–Trinajstić information content (AvgIpc) is 2.22. The summed E-state index contributed by atoms with van der Waals surface area (Å²) in [6.07, 6.45) is -0.557. The molecule has 15 heavy (non-hydrogen) atoms. The standard InChI is InChI=1S/C11H12F2O2/c1-3-10(14)7(2)15-11-8(12)5-4-6-9(11)13/h4-7H,3H2,1-2H3. The molecule has 0 heterocycles. The molecule has 0 saturated heterocycles. The first kappa shape index (κ1) is 11.6. The van der Waals surface area contributed by atoms with E-state index in [-0.39, 0.29) is 12.2 Å². The van der Waals surface area contributed by atoms with Gasteiger partial charge in [0.05, 0.1) is 0 Å². The maximum atomic E-state index is 13.1. The minimum atomic E-state index is -0.832. The molecule has 0 aliphatic carbocycles. The number of carbonyl (C=O) groups is 1. The number of rotatable bonds is 4. The molecule has 0 aromatic heterocycles. The molecule has 0 aliphatic heterocycles. The van der Waals surface area contributed by atoms with Crippen LogP contribution in [-0.2, 0) is 4.79 Å². The maximum absolute atomic E-state index is 13.1. The summed E-state index contributed by atoms with van der Waals surface area (Å²) in [7, 11) is 0. The highest BCUT2D eigenvalue weighted by Gasteiger charge is 2.17. The lowest BCUT2D eigenvalue weighted by atomic mass is 10.2. The largest absolute Gasteiger partial charge is 0.477 e. The Morgan fingerprint density at radius 2 is 1.93 bits per heavy atom. The molecular weight excluding hydrogens is 202 g/mol. The van der Waals surface area contributed by atoms with Gasteiger partial charge in [-0.25, -0.2) is 8.78 Å². The maximum Gasteiger partial charge on any atom is 0.191 e. The van der Waals surface area contributed by atoms with Crippen molar-refractivity contribution in [3.8, 4) is 5.75 Å². The van der Waals surface area contributed by atoms with Crippen LogP contribution in [0, 0.1) is 11.6 Å². The normalized spacial score (nSPS) is 12.3. The third-order valence-corrected chi connectivity index (χ3v) is 2.02. The van der Waals surface area contributed by atoms with E-state index in [1.54, 1.807) is 6.92 Å². The summed E-state index contributed by atoms with van der Waals surface area (Å²) in [4.78, 5) is 11.2. The molecule has 1 aromatic rings. The van der Waals surface area contributed by atoms with Crippen molar-refractivity contribution in [2.45, 2.75) is 26.4 Å². The lowest BCUT2D eigenvalue weighted by Crippen LogP contribution is -2.23.